The Morgan fingerprint density at radius 3 is 1.76 bits per heavy atom. The first-order valence-electron chi connectivity index (χ1n) is 20.1. The molecule has 3 amide bonds. The van der Waals surface area contributed by atoms with Crippen molar-refractivity contribution in [1.29, 1.82) is 0 Å². The molecular weight excluding hydrogens is 743 g/mol. The number of nitrogens with one attached hydrogen (secondary N) is 3. The fourth-order valence-corrected chi connectivity index (χ4v) is 8.70. The summed E-state index contributed by atoms with van der Waals surface area (Å²) >= 11 is 0. The molecule has 2 aromatic heterocycles. The predicted molar refractivity (Wildman–Crippen MR) is 218 cm³/mol. The number of amides is 3. The molecular formula is C43H51N7O8. The standard InChI is InChI=1S/C43H51N7O8/c1-22(2)29(17-28(52)21-51)41(55)49-10-6-8-36(49)32-15-26(19-44-32)39(53)34-13-24-12-25-14-35(47-31(25)18-30(24)46-34)40(54)27-16-33(45-20-27)37-9-7-11-50(37)42(56)38(23(3)4)48-43(57)58-5/h12-14,18-20,22-23,29,36-38,46-47,51H,6-11,15-17,21H2,1-5H3,(H,48,57). The Morgan fingerprint density at radius 1 is 0.776 bits per heavy atom. The van der Waals surface area contributed by atoms with Gasteiger partial charge in [-0.1, -0.05) is 27.7 Å². The second-order valence-electron chi connectivity index (χ2n) is 16.4. The number of benzene rings is 1. The highest BCUT2D eigenvalue weighted by molar-refractivity contribution is 6.17. The van der Waals surface area contributed by atoms with Crippen LogP contribution < -0.4 is 5.32 Å². The number of carbonyl (C=O) groups is 6. The largest absolute Gasteiger partial charge is 0.453 e. The highest BCUT2D eigenvalue weighted by Gasteiger charge is 2.40. The van der Waals surface area contributed by atoms with E-state index in [2.05, 4.69) is 25.3 Å². The summed E-state index contributed by atoms with van der Waals surface area (Å²) in [6, 6.07) is 6.11. The smallest absolute Gasteiger partial charge is 0.407 e. The molecule has 4 atom stereocenters. The molecule has 4 aliphatic rings. The van der Waals surface area contributed by atoms with Gasteiger partial charge in [0.1, 0.15) is 12.6 Å². The average Bonchev–Trinajstić information content (AvgIpc) is 4.05. The molecule has 6 heterocycles. The topological polar surface area (TPSA) is 207 Å². The summed E-state index contributed by atoms with van der Waals surface area (Å²) in [7, 11) is 1.26. The van der Waals surface area contributed by atoms with E-state index >= 15 is 0 Å². The number of ether oxygens (including phenoxy) is 1. The van der Waals surface area contributed by atoms with E-state index in [1.807, 2.05) is 39.8 Å². The van der Waals surface area contributed by atoms with E-state index in [1.54, 1.807) is 34.3 Å². The molecule has 3 aromatic rings. The lowest BCUT2D eigenvalue weighted by molar-refractivity contribution is -0.140. The Balaban J connectivity index is 0.984. The zero-order valence-corrected chi connectivity index (χ0v) is 33.6. The minimum atomic E-state index is -0.745. The van der Waals surface area contributed by atoms with Crippen LogP contribution in [0.5, 0.6) is 0 Å². The van der Waals surface area contributed by atoms with Crippen LogP contribution in [0, 0.1) is 17.8 Å². The van der Waals surface area contributed by atoms with Gasteiger partial charge in [0.15, 0.2) is 5.78 Å². The summed E-state index contributed by atoms with van der Waals surface area (Å²) in [5.74, 6) is -1.81. The first-order chi connectivity index (χ1) is 27.8. The van der Waals surface area contributed by atoms with Crippen LogP contribution in [0.4, 0.5) is 4.79 Å². The van der Waals surface area contributed by atoms with Crippen LogP contribution in [-0.4, -0.2) is 116 Å². The third-order valence-electron chi connectivity index (χ3n) is 11.9. The highest BCUT2D eigenvalue weighted by atomic mass is 16.5. The molecule has 7 rings (SSSR count). The van der Waals surface area contributed by atoms with E-state index in [0.717, 1.165) is 52.5 Å². The molecule has 0 saturated carbocycles. The summed E-state index contributed by atoms with van der Waals surface area (Å²) in [4.78, 5) is 97.9. The molecule has 0 aliphatic carbocycles. The fourth-order valence-electron chi connectivity index (χ4n) is 8.70. The van der Waals surface area contributed by atoms with Crippen LogP contribution in [0.15, 0.2) is 57.8 Å². The van der Waals surface area contributed by atoms with Crippen molar-refractivity contribution in [2.75, 3.05) is 26.8 Å². The van der Waals surface area contributed by atoms with Gasteiger partial charge in [-0.3, -0.25) is 34.0 Å². The van der Waals surface area contributed by atoms with Crippen LogP contribution in [-0.2, 0) is 19.1 Å². The van der Waals surface area contributed by atoms with Crippen molar-refractivity contribution in [2.24, 2.45) is 27.7 Å². The number of allylic oxidation sites excluding steroid dienone is 2. The molecule has 58 heavy (non-hydrogen) atoms. The minimum Gasteiger partial charge on any atom is -0.453 e. The summed E-state index contributed by atoms with van der Waals surface area (Å²) in [6.07, 6.45) is 6.15. The van der Waals surface area contributed by atoms with Crippen molar-refractivity contribution in [3.63, 3.8) is 0 Å². The lowest BCUT2D eigenvalue weighted by Gasteiger charge is -2.31. The summed E-state index contributed by atoms with van der Waals surface area (Å²) in [5, 5.41) is 13.6. The van der Waals surface area contributed by atoms with Gasteiger partial charge in [-0.15, -0.1) is 0 Å². The van der Waals surface area contributed by atoms with Gasteiger partial charge in [0.25, 0.3) is 0 Å². The van der Waals surface area contributed by atoms with Crippen molar-refractivity contribution in [2.45, 2.75) is 90.8 Å². The van der Waals surface area contributed by atoms with E-state index in [0.29, 0.717) is 54.9 Å². The number of aliphatic imine (C=N–C) groups is 2. The van der Waals surface area contributed by atoms with Crippen LogP contribution in [0.3, 0.4) is 0 Å². The molecule has 2 saturated heterocycles. The van der Waals surface area contributed by atoms with E-state index in [-0.39, 0.29) is 59.5 Å². The predicted octanol–water partition coefficient (Wildman–Crippen LogP) is 5.06. The van der Waals surface area contributed by atoms with Gasteiger partial charge in [-0.05, 0) is 61.8 Å². The lowest BCUT2D eigenvalue weighted by Crippen LogP contribution is -2.53. The number of hydrogen-bond donors (Lipinski definition) is 4. The zero-order chi connectivity index (χ0) is 41.4. The minimum absolute atomic E-state index is 0.00506. The summed E-state index contributed by atoms with van der Waals surface area (Å²) < 4.78 is 4.74. The molecule has 2 fully saturated rings. The van der Waals surface area contributed by atoms with E-state index in [9.17, 15) is 33.9 Å². The van der Waals surface area contributed by atoms with Crippen LogP contribution in [0.2, 0.25) is 0 Å². The number of fused-ring (bicyclic) bond motifs is 2. The Labute approximate surface area is 336 Å². The SMILES string of the molecule is COC(=O)NC(C(=O)N1CCCC1C1=NC=C(C(=O)c2cc3cc4cc(C(=O)C5=CN=C(C6CCCN6C(=O)C(CC(=O)CO)C(C)C)C5)[nH]c4cc3[nH]2)C1)C(C)C. The second-order valence-corrected chi connectivity index (χ2v) is 16.4. The maximum Gasteiger partial charge on any atom is 0.407 e. The average molecular weight is 794 g/mol. The van der Waals surface area contributed by atoms with Gasteiger partial charge in [0.05, 0.1) is 30.6 Å². The molecule has 0 spiro atoms. The highest BCUT2D eigenvalue weighted by Crippen LogP contribution is 2.33. The number of nitrogens with zero attached hydrogens (tertiary/aromatic N) is 4. The van der Waals surface area contributed by atoms with Crippen molar-refractivity contribution in [1.82, 2.24) is 25.1 Å². The number of carbonyl (C=O) groups excluding carboxylic acids is 6. The second kappa shape index (κ2) is 16.6. The number of methoxy groups -OCH3 is 1. The number of H-pyrrole nitrogens is 2. The Kier molecular flexibility index (Phi) is 11.6. The number of aliphatic hydroxyl groups is 1. The zero-order valence-electron chi connectivity index (χ0n) is 33.6. The fraction of sp³-hybridized carbons (Fsp3) is 0.488. The van der Waals surface area contributed by atoms with Crippen molar-refractivity contribution in [3.8, 4) is 0 Å². The maximum atomic E-state index is 13.7. The maximum absolute atomic E-state index is 13.7. The van der Waals surface area contributed by atoms with Gasteiger partial charge in [0, 0.05) is 95.0 Å². The van der Waals surface area contributed by atoms with Gasteiger partial charge < -0.3 is 34.9 Å². The molecule has 1 aromatic carbocycles. The number of aromatic amines is 2. The monoisotopic (exact) mass is 793 g/mol. The number of ketones is 3. The normalized spacial score (nSPS) is 20.4. The van der Waals surface area contributed by atoms with Gasteiger partial charge in [-0.2, -0.15) is 0 Å². The number of aliphatic hydroxyl groups excluding tert-OH is 1. The molecule has 306 valence electrons. The van der Waals surface area contributed by atoms with Crippen molar-refractivity contribution in [3.05, 3.63) is 59.2 Å². The third kappa shape index (κ3) is 7.91. The van der Waals surface area contributed by atoms with Crippen LogP contribution >= 0.6 is 0 Å². The molecule has 4 N–H and O–H groups in total. The quantitative estimate of drug-likeness (QED) is 0.162. The Morgan fingerprint density at radius 2 is 1.29 bits per heavy atom. The van der Waals surface area contributed by atoms with E-state index in [1.165, 1.54) is 7.11 Å². The van der Waals surface area contributed by atoms with Gasteiger partial charge >= 0.3 is 6.09 Å². The van der Waals surface area contributed by atoms with Gasteiger partial charge in [-0.25, -0.2) is 4.79 Å². The summed E-state index contributed by atoms with van der Waals surface area (Å²) in [5.41, 5.74) is 4.78. The molecule has 0 bridgehead atoms. The van der Waals surface area contributed by atoms with Gasteiger partial charge in [0.2, 0.25) is 23.4 Å². The lowest BCUT2D eigenvalue weighted by atomic mass is 9.88. The number of hydrogen-bond acceptors (Lipinski definition) is 10. The molecule has 4 aliphatic heterocycles. The number of Topliss-reactive ketones (excluding diaryl/α,β-unsaturated/α-hetero) is 3. The Hall–Kier alpha value is -5.70. The van der Waals surface area contributed by atoms with Crippen molar-refractivity contribution >= 4 is 68.5 Å². The van der Waals surface area contributed by atoms with E-state index in [4.69, 9.17) is 4.74 Å². The van der Waals surface area contributed by atoms with E-state index < -0.39 is 24.7 Å². The molecule has 15 nitrogen and oxygen atoms in total. The molecule has 15 heteroatoms. The first kappa shape index (κ1) is 40.5. The Bertz CT molecular complexity index is 2100. The van der Waals surface area contributed by atoms with Crippen molar-refractivity contribution < 1.29 is 38.6 Å². The summed E-state index contributed by atoms with van der Waals surface area (Å²) in [6.45, 7) is 8.02. The number of rotatable bonds is 14. The molecule has 4 unspecified atom stereocenters. The number of likely N-dealkylation sites (tertiary alicyclic amines) is 2. The van der Waals surface area contributed by atoms with Crippen LogP contribution in [0.25, 0.3) is 21.8 Å². The van der Waals surface area contributed by atoms with Crippen LogP contribution in [0.1, 0.15) is 93.6 Å². The number of alkyl carbamates (subject to hydrolysis) is 1. The molecule has 0 radical (unpaired) electrons. The number of aromatic nitrogens is 2. The first-order valence-corrected chi connectivity index (χ1v) is 20.1. The third-order valence-corrected chi connectivity index (χ3v) is 11.9.